The molecule has 0 heterocycles. The lowest BCUT2D eigenvalue weighted by Gasteiger charge is -2.12. The predicted octanol–water partition coefficient (Wildman–Crippen LogP) is 3.78. The van der Waals surface area contributed by atoms with Crippen LogP contribution in [0.2, 0.25) is 0 Å². The molecule has 0 fully saturated rings. The van der Waals surface area contributed by atoms with Gasteiger partial charge in [-0.15, -0.1) is 0 Å². The summed E-state index contributed by atoms with van der Waals surface area (Å²) in [5.41, 5.74) is 2.36. The first-order chi connectivity index (χ1) is 11.9. The number of hydrogen-bond acceptors (Lipinski definition) is 5. The summed E-state index contributed by atoms with van der Waals surface area (Å²) < 4.78 is 5.10. The van der Waals surface area contributed by atoms with Crippen molar-refractivity contribution in [1.82, 2.24) is 0 Å². The number of nitrogens with zero attached hydrogens (tertiary/aromatic N) is 1. The van der Waals surface area contributed by atoms with Crippen molar-refractivity contribution in [2.24, 2.45) is 0 Å². The van der Waals surface area contributed by atoms with E-state index >= 15 is 0 Å². The molecule has 25 heavy (non-hydrogen) atoms. The van der Waals surface area contributed by atoms with Crippen LogP contribution in [0.1, 0.15) is 25.3 Å². The van der Waals surface area contributed by atoms with E-state index in [1.807, 2.05) is 24.3 Å². The largest absolute Gasteiger partial charge is 0.494 e. The molecule has 7 heteroatoms. The molecule has 0 bridgehead atoms. The van der Waals surface area contributed by atoms with Crippen LogP contribution in [0, 0.1) is 10.1 Å². The van der Waals surface area contributed by atoms with Crippen LogP contribution in [0.25, 0.3) is 0 Å². The van der Waals surface area contributed by atoms with Crippen molar-refractivity contribution in [2.75, 3.05) is 24.3 Å². The number of carbonyl (C=O) groups excluding carboxylic acids is 1. The van der Waals surface area contributed by atoms with Gasteiger partial charge in [0, 0.05) is 11.8 Å². The van der Waals surface area contributed by atoms with Gasteiger partial charge in [-0.1, -0.05) is 26.0 Å². The zero-order chi connectivity index (χ0) is 18.4. The van der Waals surface area contributed by atoms with Crippen molar-refractivity contribution in [1.29, 1.82) is 0 Å². The van der Waals surface area contributed by atoms with E-state index in [9.17, 15) is 14.9 Å². The molecule has 2 rings (SSSR count). The molecular formula is C18H21N3O4. The maximum absolute atomic E-state index is 12.1. The summed E-state index contributed by atoms with van der Waals surface area (Å²) in [5.74, 6) is 0.413. The number of methoxy groups -OCH3 is 1. The minimum atomic E-state index is -0.517. The summed E-state index contributed by atoms with van der Waals surface area (Å²) in [6.07, 6.45) is 0. The van der Waals surface area contributed by atoms with Crippen LogP contribution in [0.3, 0.4) is 0 Å². The van der Waals surface area contributed by atoms with Gasteiger partial charge >= 0.3 is 0 Å². The number of anilines is 2. The quantitative estimate of drug-likeness (QED) is 0.589. The summed E-state index contributed by atoms with van der Waals surface area (Å²) in [7, 11) is 1.39. The first-order valence-corrected chi connectivity index (χ1v) is 7.87. The van der Waals surface area contributed by atoms with Crippen molar-refractivity contribution < 1.29 is 14.5 Å². The Morgan fingerprint density at radius 1 is 1.20 bits per heavy atom. The number of rotatable bonds is 7. The van der Waals surface area contributed by atoms with E-state index in [0.29, 0.717) is 11.6 Å². The normalized spacial score (nSPS) is 10.4. The van der Waals surface area contributed by atoms with E-state index < -0.39 is 4.92 Å². The Balaban J connectivity index is 1.97. The van der Waals surface area contributed by atoms with Crippen LogP contribution in [0.4, 0.5) is 17.1 Å². The van der Waals surface area contributed by atoms with Gasteiger partial charge in [0.25, 0.3) is 5.69 Å². The second kappa shape index (κ2) is 8.14. The highest BCUT2D eigenvalue weighted by Crippen LogP contribution is 2.28. The minimum absolute atomic E-state index is 0.0706. The number of carbonyl (C=O) groups is 1. The SMILES string of the molecule is COc1cc([N+](=O)[O-])ccc1NC(=O)CNc1ccc(C(C)C)cc1. The highest BCUT2D eigenvalue weighted by molar-refractivity contribution is 5.95. The maximum atomic E-state index is 12.1. The number of nitrogens with one attached hydrogen (secondary N) is 2. The van der Waals surface area contributed by atoms with Gasteiger partial charge in [0.1, 0.15) is 5.75 Å². The van der Waals surface area contributed by atoms with Gasteiger partial charge in [-0.2, -0.15) is 0 Å². The molecule has 0 aliphatic heterocycles. The molecule has 132 valence electrons. The molecule has 0 unspecified atom stereocenters. The topological polar surface area (TPSA) is 93.5 Å². The summed E-state index contributed by atoms with van der Waals surface area (Å²) in [4.78, 5) is 22.3. The Bertz CT molecular complexity index is 757. The highest BCUT2D eigenvalue weighted by atomic mass is 16.6. The maximum Gasteiger partial charge on any atom is 0.273 e. The van der Waals surface area contributed by atoms with Crippen LogP contribution in [0.5, 0.6) is 5.75 Å². The molecule has 1 amide bonds. The highest BCUT2D eigenvalue weighted by Gasteiger charge is 2.13. The summed E-state index contributed by atoms with van der Waals surface area (Å²) >= 11 is 0. The predicted molar refractivity (Wildman–Crippen MR) is 97.3 cm³/mol. The van der Waals surface area contributed by atoms with Crippen molar-refractivity contribution >= 4 is 23.0 Å². The number of hydrogen-bond donors (Lipinski definition) is 2. The van der Waals surface area contributed by atoms with E-state index in [1.165, 1.54) is 30.9 Å². The summed E-state index contributed by atoms with van der Waals surface area (Å²) in [6.45, 7) is 4.31. The Morgan fingerprint density at radius 2 is 1.88 bits per heavy atom. The third-order valence-corrected chi connectivity index (χ3v) is 3.70. The molecule has 0 saturated carbocycles. The number of ether oxygens (including phenoxy) is 1. The lowest BCUT2D eigenvalue weighted by Crippen LogP contribution is -2.22. The molecule has 2 aromatic rings. The van der Waals surface area contributed by atoms with Crippen molar-refractivity contribution in [3.05, 3.63) is 58.1 Å². The standard InChI is InChI=1S/C18H21N3O4/c1-12(2)13-4-6-14(7-5-13)19-11-18(22)20-16-9-8-15(21(23)24)10-17(16)25-3/h4-10,12,19H,11H2,1-3H3,(H,20,22). The molecule has 7 nitrogen and oxygen atoms in total. The van der Waals surface area contributed by atoms with E-state index in [4.69, 9.17) is 4.74 Å². The first kappa shape index (κ1) is 18.3. The smallest absolute Gasteiger partial charge is 0.273 e. The third-order valence-electron chi connectivity index (χ3n) is 3.70. The molecule has 0 saturated heterocycles. The first-order valence-electron chi connectivity index (χ1n) is 7.87. The summed E-state index contributed by atoms with van der Waals surface area (Å²) in [6, 6.07) is 11.9. The van der Waals surface area contributed by atoms with Crippen LogP contribution >= 0.6 is 0 Å². The van der Waals surface area contributed by atoms with Gasteiger partial charge < -0.3 is 15.4 Å². The molecule has 0 radical (unpaired) electrons. The van der Waals surface area contributed by atoms with Crippen LogP contribution in [0.15, 0.2) is 42.5 Å². The number of amides is 1. The van der Waals surface area contributed by atoms with Crippen LogP contribution in [-0.4, -0.2) is 24.5 Å². The van der Waals surface area contributed by atoms with Crippen molar-refractivity contribution in [3.63, 3.8) is 0 Å². The van der Waals surface area contributed by atoms with Crippen molar-refractivity contribution in [3.8, 4) is 5.75 Å². The molecule has 0 aliphatic carbocycles. The molecule has 0 atom stereocenters. The van der Waals surface area contributed by atoms with Gasteiger partial charge in [0.15, 0.2) is 0 Å². The second-order valence-corrected chi connectivity index (χ2v) is 5.82. The molecule has 0 aliphatic rings. The molecule has 0 aromatic heterocycles. The fourth-order valence-corrected chi connectivity index (χ4v) is 2.26. The van der Waals surface area contributed by atoms with E-state index in [-0.39, 0.29) is 23.9 Å². The lowest BCUT2D eigenvalue weighted by molar-refractivity contribution is -0.384. The number of benzene rings is 2. The van der Waals surface area contributed by atoms with Gasteiger partial charge in [-0.05, 0) is 29.7 Å². The van der Waals surface area contributed by atoms with E-state index in [1.54, 1.807) is 0 Å². The monoisotopic (exact) mass is 343 g/mol. The zero-order valence-corrected chi connectivity index (χ0v) is 14.4. The third kappa shape index (κ3) is 4.94. The van der Waals surface area contributed by atoms with Gasteiger partial charge in [-0.3, -0.25) is 14.9 Å². The number of nitro benzene ring substituents is 1. The van der Waals surface area contributed by atoms with E-state index in [0.717, 1.165) is 5.69 Å². The number of nitro groups is 1. The molecule has 2 aromatic carbocycles. The zero-order valence-electron chi connectivity index (χ0n) is 14.4. The lowest BCUT2D eigenvalue weighted by atomic mass is 10.0. The molecule has 2 N–H and O–H groups in total. The average molecular weight is 343 g/mol. The van der Waals surface area contributed by atoms with Crippen LogP contribution < -0.4 is 15.4 Å². The summed E-state index contributed by atoms with van der Waals surface area (Å²) in [5, 5.41) is 16.5. The Morgan fingerprint density at radius 3 is 2.44 bits per heavy atom. The average Bonchev–Trinajstić information content (AvgIpc) is 2.60. The van der Waals surface area contributed by atoms with Crippen LogP contribution in [-0.2, 0) is 4.79 Å². The molecular weight excluding hydrogens is 322 g/mol. The minimum Gasteiger partial charge on any atom is -0.494 e. The Labute approximate surface area is 146 Å². The van der Waals surface area contributed by atoms with Gasteiger partial charge in [0.2, 0.25) is 5.91 Å². The van der Waals surface area contributed by atoms with Gasteiger partial charge in [-0.25, -0.2) is 0 Å². The Hall–Kier alpha value is -3.09. The fourth-order valence-electron chi connectivity index (χ4n) is 2.26. The van der Waals surface area contributed by atoms with E-state index in [2.05, 4.69) is 24.5 Å². The second-order valence-electron chi connectivity index (χ2n) is 5.82. The fraction of sp³-hybridized carbons (Fsp3) is 0.278. The molecule has 0 spiro atoms. The van der Waals surface area contributed by atoms with Crippen molar-refractivity contribution in [2.45, 2.75) is 19.8 Å². The number of non-ortho nitro benzene ring substituents is 1. The Kier molecular flexibility index (Phi) is 5.94. The van der Waals surface area contributed by atoms with Gasteiger partial charge in [0.05, 0.1) is 30.3 Å².